The van der Waals surface area contributed by atoms with E-state index in [9.17, 15) is 35.7 Å². The van der Waals surface area contributed by atoms with E-state index in [4.69, 9.17) is 35.2 Å². The molecule has 3 heterocycles. The Bertz CT molecular complexity index is 603. The van der Waals surface area contributed by atoms with Crippen LogP contribution in [-0.4, -0.2) is 134 Å². The molecule has 14 heteroatoms. The number of nitrogens with two attached hydrogens (primary N) is 2. The summed E-state index contributed by atoms with van der Waals surface area (Å²) in [5.74, 6) is 0. The van der Waals surface area contributed by atoms with Gasteiger partial charge in [-0.15, -0.1) is 0 Å². The van der Waals surface area contributed by atoms with Gasteiger partial charge in [-0.25, -0.2) is 0 Å². The molecule has 0 aromatic carbocycles. The standard InChI is InChI=1S/C18H34N2O12/c1-4-9(22)14(7(19)16(27)28-4)31-17-8(20)15(10(23)5(2)29-17)32-18-13(26)12(25)11(24)6(3-21)30-18/h4-18,21-27H,3,19-20H2,1-2H3/t4?,5?,6?,7?,8?,9-,10+,11+,12?,13?,14?,15?,16+,17-,18-/m0/s1. The molecule has 3 rings (SSSR count). The molecular formula is C18H34N2O12. The van der Waals surface area contributed by atoms with E-state index in [1.807, 2.05) is 0 Å². The maximum absolute atomic E-state index is 10.6. The Kier molecular flexibility index (Phi) is 8.44. The predicted molar refractivity (Wildman–Crippen MR) is 102 cm³/mol. The first kappa shape index (κ1) is 26.1. The van der Waals surface area contributed by atoms with Crippen molar-refractivity contribution in [3.8, 4) is 0 Å². The van der Waals surface area contributed by atoms with E-state index in [2.05, 4.69) is 0 Å². The average Bonchev–Trinajstić information content (AvgIpc) is 2.76. The summed E-state index contributed by atoms with van der Waals surface area (Å²) in [5, 5.41) is 70.3. The lowest BCUT2D eigenvalue weighted by Gasteiger charge is -2.48. The van der Waals surface area contributed by atoms with Crippen LogP contribution in [0.15, 0.2) is 0 Å². The van der Waals surface area contributed by atoms with E-state index in [1.165, 1.54) is 13.8 Å². The van der Waals surface area contributed by atoms with Crippen molar-refractivity contribution >= 4 is 0 Å². The van der Waals surface area contributed by atoms with Crippen LogP contribution < -0.4 is 11.5 Å². The molecule has 3 aliphatic heterocycles. The van der Waals surface area contributed by atoms with Gasteiger partial charge in [0.2, 0.25) is 0 Å². The molecule has 0 saturated carbocycles. The van der Waals surface area contributed by atoms with E-state index < -0.39 is 98.6 Å². The van der Waals surface area contributed by atoms with Gasteiger partial charge in [0.05, 0.1) is 30.9 Å². The quantitative estimate of drug-likeness (QED) is 0.182. The maximum atomic E-state index is 10.6. The number of hydrogen-bond donors (Lipinski definition) is 9. The average molecular weight is 470 g/mol. The van der Waals surface area contributed by atoms with Gasteiger partial charge in [0.1, 0.15) is 48.8 Å². The molecule has 3 fully saturated rings. The first-order chi connectivity index (χ1) is 15.0. The van der Waals surface area contributed by atoms with Gasteiger partial charge in [-0.1, -0.05) is 0 Å². The van der Waals surface area contributed by atoms with Crippen LogP contribution in [0, 0.1) is 0 Å². The highest BCUT2D eigenvalue weighted by Crippen LogP contribution is 2.31. The Morgan fingerprint density at radius 1 is 0.656 bits per heavy atom. The van der Waals surface area contributed by atoms with Crippen molar-refractivity contribution in [1.29, 1.82) is 0 Å². The van der Waals surface area contributed by atoms with Crippen LogP contribution >= 0.6 is 0 Å². The molecule has 14 nitrogen and oxygen atoms in total. The zero-order valence-corrected chi connectivity index (χ0v) is 17.7. The van der Waals surface area contributed by atoms with E-state index >= 15 is 0 Å². The van der Waals surface area contributed by atoms with Crippen LogP contribution in [-0.2, 0) is 23.7 Å². The summed E-state index contributed by atoms with van der Waals surface area (Å²) < 4.78 is 27.5. The van der Waals surface area contributed by atoms with Gasteiger partial charge in [0.25, 0.3) is 0 Å². The highest BCUT2D eigenvalue weighted by atomic mass is 16.7. The zero-order valence-electron chi connectivity index (χ0n) is 17.7. The number of rotatable bonds is 5. The van der Waals surface area contributed by atoms with E-state index in [0.29, 0.717) is 0 Å². The maximum Gasteiger partial charge on any atom is 0.187 e. The second kappa shape index (κ2) is 10.4. The SMILES string of the molecule is CC1O[C@@H](OC2C(N)[C@H](O)OC(C)[C@@H]2O)C(N)C(O[C@@H]2OC(CO)[C@@H](O)C(O)C2O)[C@@H]1O. The molecule has 3 aliphatic rings. The molecule has 3 saturated heterocycles. The molecule has 0 amide bonds. The van der Waals surface area contributed by atoms with Crippen molar-refractivity contribution in [2.45, 2.75) is 106 Å². The van der Waals surface area contributed by atoms with E-state index in [0.717, 1.165) is 0 Å². The van der Waals surface area contributed by atoms with Crippen molar-refractivity contribution in [2.75, 3.05) is 6.61 Å². The fourth-order valence-electron chi connectivity index (χ4n) is 4.04. The normalized spacial score (nSPS) is 55.0. The van der Waals surface area contributed by atoms with Crippen molar-refractivity contribution in [3.05, 3.63) is 0 Å². The molecule has 0 aliphatic carbocycles. The molecule has 188 valence electrons. The summed E-state index contributed by atoms with van der Waals surface area (Å²) in [5.41, 5.74) is 12.1. The lowest BCUT2D eigenvalue weighted by molar-refractivity contribution is -0.350. The van der Waals surface area contributed by atoms with Gasteiger partial charge in [0.15, 0.2) is 18.9 Å². The van der Waals surface area contributed by atoms with Crippen LogP contribution in [0.4, 0.5) is 0 Å². The molecule has 0 aromatic heterocycles. The van der Waals surface area contributed by atoms with Gasteiger partial charge < -0.3 is 70.9 Å². The minimum absolute atomic E-state index is 0.657. The van der Waals surface area contributed by atoms with Gasteiger partial charge in [-0.05, 0) is 13.8 Å². The third-order valence-electron chi connectivity index (χ3n) is 6.17. The summed E-state index contributed by atoms with van der Waals surface area (Å²) in [7, 11) is 0. The van der Waals surface area contributed by atoms with Crippen molar-refractivity contribution in [3.63, 3.8) is 0 Å². The molecular weight excluding hydrogens is 436 g/mol. The topological polar surface area (TPSA) is 240 Å². The summed E-state index contributed by atoms with van der Waals surface area (Å²) in [4.78, 5) is 0. The molecule has 9 unspecified atom stereocenters. The van der Waals surface area contributed by atoms with Crippen LogP contribution in [0.3, 0.4) is 0 Å². The highest BCUT2D eigenvalue weighted by molar-refractivity contribution is 4.97. The van der Waals surface area contributed by atoms with Gasteiger partial charge in [-0.3, -0.25) is 0 Å². The number of aliphatic hydroxyl groups excluding tert-OH is 7. The first-order valence-corrected chi connectivity index (χ1v) is 10.5. The second-order valence-corrected chi connectivity index (χ2v) is 8.48. The van der Waals surface area contributed by atoms with E-state index in [1.54, 1.807) is 0 Å². The lowest BCUT2D eigenvalue weighted by atomic mass is 9.95. The fraction of sp³-hybridized carbons (Fsp3) is 1.00. The predicted octanol–water partition coefficient (Wildman–Crippen LogP) is -5.58. The summed E-state index contributed by atoms with van der Waals surface area (Å²) >= 11 is 0. The van der Waals surface area contributed by atoms with Crippen LogP contribution in [0.1, 0.15) is 13.8 Å². The minimum atomic E-state index is -1.70. The third kappa shape index (κ3) is 4.94. The van der Waals surface area contributed by atoms with Crippen LogP contribution in [0.2, 0.25) is 0 Å². The van der Waals surface area contributed by atoms with E-state index in [-0.39, 0.29) is 0 Å². The minimum Gasteiger partial charge on any atom is -0.394 e. The van der Waals surface area contributed by atoms with Gasteiger partial charge in [0, 0.05) is 0 Å². The summed E-state index contributed by atoms with van der Waals surface area (Å²) in [6.45, 7) is 2.37. The van der Waals surface area contributed by atoms with Crippen LogP contribution in [0.25, 0.3) is 0 Å². The van der Waals surface area contributed by atoms with Gasteiger partial charge in [-0.2, -0.15) is 0 Å². The Morgan fingerprint density at radius 3 is 1.78 bits per heavy atom. The Morgan fingerprint density at radius 2 is 1.19 bits per heavy atom. The van der Waals surface area contributed by atoms with Gasteiger partial charge >= 0.3 is 0 Å². The number of ether oxygens (including phenoxy) is 5. The largest absolute Gasteiger partial charge is 0.394 e. The molecule has 0 bridgehead atoms. The lowest BCUT2D eigenvalue weighted by Crippen LogP contribution is -2.68. The van der Waals surface area contributed by atoms with Crippen LogP contribution in [0.5, 0.6) is 0 Å². The molecule has 0 radical (unpaired) electrons. The molecule has 32 heavy (non-hydrogen) atoms. The summed E-state index contributed by atoms with van der Waals surface area (Å²) in [6.07, 6.45) is -16.9. The third-order valence-corrected chi connectivity index (χ3v) is 6.17. The fourth-order valence-corrected chi connectivity index (χ4v) is 4.04. The monoisotopic (exact) mass is 470 g/mol. The number of hydrogen-bond acceptors (Lipinski definition) is 14. The smallest absolute Gasteiger partial charge is 0.187 e. The molecule has 0 aromatic rings. The highest BCUT2D eigenvalue weighted by Gasteiger charge is 2.51. The zero-order chi connectivity index (χ0) is 23.9. The Balaban J connectivity index is 1.74. The van der Waals surface area contributed by atoms with Crippen molar-refractivity contribution in [2.24, 2.45) is 11.5 Å². The van der Waals surface area contributed by atoms with Crippen molar-refractivity contribution < 1.29 is 59.4 Å². The first-order valence-electron chi connectivity index (χ1n) is 10.5. The Labute approximate surface area is 184 Å². The summed E-state index contributed by atoms with van der Waals surface area (Å²) in [6, 6.07) is -2.31. The molecule has 15 atom stereocenters. The second-order valence-electron chi connectivity index (χ2n) is 8.48. The Hall–Kier alpha value is -0.560. The molecule has 11 N–H and O–H groups in total. The molecule has 0 spiro atoms. The number of aliphatic hydroxyl groups is 7. The van der Waals surface area contributed by atoms with Crippen molar-refractivity contribution in [1.82, 2.24) is 0 Å².